The van der Waals surface area contributed by atoms with E-state index in [9.17, 15) is 8.78 Å². The monoisotopic (exact) mass is 342 g/mol. The number of hydrogen-bond acceptors (Lipinski definition) is 3. The van der Waals surface area contributed by atoms with Crippen LogP contribution in [0.4, 0.5) is 8.78 Å². The molecule has 104 valence electrons. The first-order valence-electron chi connectivity index (χ1n) is 5.41. The number of nitrogens with zero attached hydrogens (tertiary/aromatic N) is 1. The second kappa shape index (κ2) is 5.87. The van der Waals surface area contributed by atoms with E-state index in [2.05, 4.69) is 21.1 Å². The Morgan fingerprint density at radius 3 is 2.55 bits per heavy atom. The van der Waals surface area contributed by atoms with Crippen molar-refractivity contribution < 1.29 is 18.7 Å². The summed E-state index contributed by atoms with van der Waals surface area (Å²) in [6.07, 6.45) is 0. The summed E-state index contributed by atoms with van der Waals surface area (Å²) < 4.78 is 32.0. The summed E-state index contributed by atoms with van der Waals surface area (Å²) in [5.41, 5.74) is 5.92. The second-order valence-corrected chi connectivity index (χ2v) is 4.66. The van der Waals surface area contributed by atoms with Crippen molar-refractivity contribution in [2.45, 2.75) is 0 Å². The lowest BCUT2D eigenvalue weighted by Gasteiger charge is -2.09. The molecule has 2 aromatic carbocycles. The van der Waals surface area contributed by atoms with Gasteiger partial charge in [0, 0.05) is 16.1 Å². The van der Waals surface area contributed by atoms with Crippen LogP contribution in [-0.4, -0.2) is 11.0 Å². The predicted octanol–water partition coefficient (Wildman–Crippen LogP) is 3.61. The highest BCUT2D eigenvalue weighted by Crippen LogP contribution is 2.28. The molecule has 0 amide bonds. The van der Waals surface area contributed by atoms with E-state index in [0.717, 1.165) is 12.1 Å². The topological polar surface area (TPSA) is 67.8 Å². The van der Waals surface area contributed by atoms with Crippen molar-refractivity contribution in [3.63, 3.8) is 0 Å². The summed E-state index contributed by atoms with van der Waals surface area (Å²) >= 11 is 3.23. The predicted molar refractivity (Wildman–Crippen MR) is 73.1 cm³/mol. The first-order chi connectivity index (χ1) is 9.51. The number of nitrogens with two attached hydrogens (primary N) is 1. The SMILES string of the molecule is N/C(=N/O)c1ccc(Oc2ccc(F)cc2F)cc1Br. The quantitative estimate of drug-likeness (QED) is 0.387. The summed E-state index contributed by atoms with van der Waals surface area (Å²) in [7, 11) is 0. The van der Waals surface area contributed by atoms with Crippen LogP contribution in [0.1, 0.15) is 5.56 Å². The highest BCUT2D eigenvalue weighted by atomic mass is 79.9. The molecule has 0 heterocycles. The molecule has 0 saturated carbocycles. The smallest absolute Gasteiger partial charge is 0.171 e. The van der Waals surface area contributed by atoms with Crippen LogP contribution < -0.4 is 10.5 Å². The molecule has 0 spiro atoms. The summed E-state index contributed by atoms with van der Waals surface area (Å²) in [4.78, 5) is 0. The summed E-state index contributed by atoms with van der Waals surface area (Å²) in [6, 6.07) is 7.59. The Balaban J connectivity index is 2.29. The minimum atomic E-state index is -0.804. The lowest BCUT2D eigenvalue weighted by molar-refractivity contribution is 0.318. The van der Waals surface area contributed by atoms with Crippen molar-refractivity contribution in [2.24, 2.45) is 10.9 Å². The Bertz CT molecular complexity index is 677. The first-order valence-corrected chi connectivity index (χ1v) is 6.21. The van der Waals surface area contributed by atoms with Gasteiger partial charge in [0.15, 0.2) is 17.4 Å². The second-order valence-electron chi connectivity index (χ2n) is 3.80. The largest absolute Gasteiger partial charge is 0.454 e. The van der Waals surface area contributed by atoms with Gasteiger partial charge in [0.2, 0.25) is 0 Å². The first kappa shape index (κ1) is 14.3. The Labute approximate surface area is 121 Å². The van der Waals surface area contributed by atoms with Crippen LogP contribution in [0.2, 0.25) is 0 Å². The van der Waals surface area contributed by atoms with Gasteiger partial charge in [-0.3, -0.25) is 0 Å². The van der Waals surface area contributed by atoms with Gasteiger partial charge in [-0.1, -0.05) is 5.16 Å². The van der Waals surface area contributed by atoms with E-state index >= 15 is 0 Å². The van der Waals surface area contributed by atoms with Crippen molar-refractivity contribution in [2.75, 3.05) is 0 Å². The minimum absolute atomic E-state index is 0.0728. The molecule has 0 saturated heterocycles. The number of halogens is 3. The molecule has 0 radical (unpaired) electrons. The van der Waals surface area contributed by atoms with Gasteiger partial charge in [-0.25, -0.2) is 8.78 Å². The molecule has 0 aliphatic carbocycles. The molecule has 0 aliphatic heterocycles. The van der Waals surface area contributed by atoms with E-state index < -0.39 is 11.6 Å². The minimum Gasteiger partial charge on any atom is -0.454 e. The molecule has 4 nitrogen and oxygen atoms in total. The van der Waals surface area contributed by atoms with Crippen LogP contribution in [0.3, 0.4) is 0 Å². The number of ether oxygens (including phenoxy) is 1. The van der Waals surface area contributed by atoms with E-state index in [4.69, 9.17) is 15.7 Å². The van der Waals surface area contributed by atoms with Crippen molar-refractivity contribution >= 4 is 21.8 Å². The van der Waals surface area contributed by atoms with Gasteiger partial charge in [0.1, 0.15) is 11.6 Å². The molecule has 0 aromatic heterocycles. The third-order valence-corrected chi connectivity index (χ3v) is 3.10. The Kier molecular flexibility index (Phi) is 4.19. The molecule has 7 heteroatoms. The average molecular weight is 343 g/mol. The maximum atomic E-state index is 13.4. The summed E-state index contributed by atoms with van der Waals surface area (Å²) in [6.45, 7) is 0. The van der Waals surface area contributed by atoms with Crippen LogP contribution >= 0.6 is 15.9 Å². The molecule has 0 bridgehead atoms. The molecule has 0 atom stereocenters. The summed E-state index contributed by atoms with van der Waals surface area (Å²) in [5.74, 6) is -1.34. The average Bonchev–Trinajstić information content (AvgIpc) is 2.41. The highest BCUT2D eigenvalue weighted by Gasteiger charge is 2.09. The van der Waals surface area contributed by atoms with E-state index in [1.165, 1.54) is 24.3 Å². The van der Waals surface area contributed by atoms with Gasteiger partial charge in [-0.2, -0.15) is 0 Å². The summed E-state index contributed by atoms with van der Waals surface area (Å²) in [5, 5.41) is 11.5. The van der Waals surface area contributed by atoms with Gasteiger partial charge in [-0.05, 0) is 46.3 Å². The van der Waals surface area contributed by atoms with Gasteiger partial charge < -0.3 is 15.7 Å². The fraction of sp³-hybridized carbons (Fsp3) is 0. The Morgan fingerprint density at radius 2 is 1.95 bits per heavy atom. The fourth-order valence-corrected chi connectivity index (χ4v) is 2.07. The third-order valence-electron chi connectivity index (χ3n) is 2.45. The van der Waals surface area contributed by atoms with Gasteiger partial charge in [0.25, 0.3) is 0 Å². The molecule has 0 unspecified atom stereocenters. The highest BCUT2D eigenvalue weighted by molar-refractivity contribution is 9.10. The molecule has 0 aliphatic rings. The number of rotatable bonds is 3. The maximum absolute atomic E-state index is 13.4. The third kappa shape index (κ3) is 3.05. The maximum Gasteiger partial charge on any atom is 0.171 e. The number of oxime groups is 1. The zero-order valence-electron chi connectivity index (χ0n) is 9.98. The lowest BCUT2D eigenvalue weighted by Crippen LogP contribution is -2.13. The van der Waals surface area contributed by atoms with Crippen LogP contribution in [-0.2, 0) is 0 Å². The van der Waals surface area contributed by atoms with Crippen molar-refractivity contribution in [3.05, 3.63) is 58.1 Å². The van der Waals surface area contributed by atoms with Crippen molar-refractivity contribution in [1.82, 2.24) is 0 Å². The number of benzene rings is 2. The zero-order chi connectivity index (χ0) is 14.7. The van der Waals surface area contributed by atoms with E-state index in [0.29, 0.717) is 15.8 Å². The Morgan fingerprint density at radius 1 is 1.20 bits per heavy atom. The number of hydrogen-bond donors (Lipinski definition) is 2. The van der Waals surface area contributed by atoms with Gasteiger partial charge in [0.05, 0.1) is 0 Å². The van der Waals surface area contributed by atoms with E-state index in [-0.39, 0.29) is 11.6 Å². The van der Waals surface area contributed by atoms with E-state index in [1.54, 1.807) is 0 Å². The molecular weight excluding hydrogens is 334 g/mol. The molecular formula is C13H9BrF2N2O2. The van der Waals surface area contributed by atoms with Crippen LogP contribution in [0, 0.1) is 11.6 Å². The Hall–Kier alpha value is -2.15. The van der Waals surface area contributed by atoms with Crippen LogP contribution in [0.15, 0.2) is 46.0 Å². The standard InChI is InChI=1S/C13H9BrF2N2O2/c14-10-6-8(2-3-9(10)13(17)18-19)20-12-4-1-7(15)5-11(12)16/h1-6,19H,(H2,17,18). The van der Waals surface area contributed by atoms with Gasteiger partial charge >= 0.3 is 0 Å². The fourth-order valence-electron chi connectivity index (χ4n) is 1.51. The molecule has 2 rings (SSSR count). The molecule has 0 fully saturated rings. The van der Waals surface area contributed by atoms with Gasteiger partial charge in [-0.15, -0.1) is 0 Å². The zero-order valence-corrected chi connectivity index (χ0v) is 11.6. The van der Waals surface area contributed by atoms with Crippen LogP contribution in [0.5, 0.6) is 11.5 Å². The lowest BCUT2D eigenvalue weighted by atomic mass is 10.2. The molecule has 20 heavy (non-hydrogen) atoms. The van der Waals surface area contributed by atoms with Crippen molar-refractivity contribution in [3.8, 4) is 11.5 Å². The van der Waals surface area contributed by atoms with Crippen molar-refractivity contribution in [1.29, 1.82) is 0 Å². The normalized spacial score (nSPS) is 11.4. The molecule has 2 aromatic rings. The molecule has 3 N–H and O–H groups in total. The van der Waals surface area contributed by atoms with Crippen LogP contribution in [0.25, 0.3) is 0 Å². The number of amidine groups is 1. The van der Waals surface area contributed by atoms with E-state index in [1.807, 2.05) is 0 Å².